The Morgan fingerprint density at radius 1 is 1.40 bits per heavy atom. The molecule has 0 saturated carbocycles. The lowest BCUT2D eigenvalue weighted by molar-refractivity contribution is 0.0994. The maximum Gasteiger partial charge on any atom is 0.197 e. The van der Waals surface area contributed by atoms with Crippen molar-refractivity contribution in [3.63, 3.8) is 0 Å². The van der Waals surface area contributed by atoms with Gasteiger partial charge in [-0.2, -0.15) is 10.4 Å². The van der Waals surface area contributed by atoms with Crippen LogP contribution in [0.2, 0.25) is 0 Å². The third-order valence-electron chi connectivity index (χ3n) is 2.07. The normalized spacial score (nSPS) is 9.80. The molecule has 72 valence electrons. The lowest BCUT2D eigenvalue weighted by atomic mass is 10.1. The quantitative estimate of drug-likeness (QED) is 0.687. The highest BCUT2D eigenvalue weighted by atomic mass is 16.1. The standard InChI is InChI=1S/C11H7N3O/c12-6-5-10(15)11-9-4-2-1-3-8(9)7-13-14-11/h1-4,7H,5H2. The highest BCUT2D eigenvalue weighted by Gasteiger charge is 2.11. The monoisotopic (exact) mass is 197 g/mol. The fourth-order valence-electron chi connectivity index (χ4n) is 1.39. The van der Waals surface area contributed by atoms with Crippen LogP contribution in [0.3, 0.4) is 0 Å². The second-order valence-electron chi connectivity index (χ2n) is 3.04. The van der Waals surface area contributed by atoms with Gasteiger partial charge in [-0.05, 0) is 0 Å². The van der Waals surface area contributed by atoms with Crippen molar-refractivity contribution >= 4 is 16.6 Å². The number of nitriles is 1. The van der Waals surface area contributed by atoms with E-state index in [0.29, 0.717) is 0 Å². The number of aromatic nitrogens is 2. The molecule has 0 aliphatic rings. The molecule has 0 saturated heterocycles. The number of nitrogens with zero attached hydrogens (tertiary/aromatic N) is 3. The summed E-state index contributed by atoms with van der Waals surface area (Å²) >= 11 is 0. The Morgan fingerprint density at radius 2 is 2.20 bits per heavy atom. The van der Waals surface area contributed by atoms with E-state index in [1.165, 1.54) is 0 Å². The molecule has 1 aromatic heterocycles. The molecule has 15 heavy (non-hydrogen) atoms. The van der Waals surface area contributed by atoms with Crippen LogP contribution in [0.5, 0.6) is 0 Å². The van der Waals surface area contributed by atoms with Gasteiger partial charge in [0.05, 0.1) is 12.3 Å². The number of carbonyl (C=O) groups is 1. The number of hydrogen-bond donors (Lipinski definition) is 0. The van der Waals surface area contributed by atoms with Crippen molar-refractivity contribution < 1.29 is 4.79 Å². The van der Waals surface area contributed by atoms with Gasteiger partial charge in [-0.1, -0.05) is 24.3 Å². The molecule has 0 aliphatic carbocycles. The number of Topliss-reactive ketones (excluding diaryl/α,β-unsaturated/α-hetero) is 1. The first kappa shape index (κ1) is 9.28. The highest BCUT2D eigenvalue weighted by Crippen LogP contribution is 2.15. The lowest BCUT2D eigenvalue weighted by Crippen LogP contribution is -2.03. The molecule has 4 nitrogen and oxygen atoms in total. The minimum absolute atomic E-state index is 0.164. The van der Waals surface area contributed by atoms with Crippen LogP contribution in [0.15, 0.2) is 30.5 Å². The lowest BCUT2D eigenvalue weighted by Gasteiger charge is -2.00. The summed E-state index contributed by atoms with van der Waals surface area (Å²) in [6.45, 7) is 0. The zero-order chi connectivity index (χ0) is 10.7. The third-order valence-corrected chi connectivity index (χ3v) is 2.07. The molecule has 2 aromatic rings. The predicted molar refractivity (Wildman–Crippen MR) is 54.1 cm³/mol. The average molecular weight is 197 g/mol. The van der Waals surface area contributed by atoms with Crippen LogP contribution in [0, 0.1) is 11.3 Å². The molecule has 1 heterocycles. The van der Waals surface area contributed by atoms with Gasteiger partial charge in [0.25, 0.3) is 0 Å². The molecule has 2 rings (SSSR count). The molecule has 0 N–H and O–H groups in total. The molecule has 4 heteroatoms. The summed E-state index contributed by atoms with van der Waals surface area (Å²) in [7, 11) is 0. The van der Waals surface area contributed by atoms with E-state index in [1.807, 2.05) is 24.3 Å². The molecule has 0 amide bonds. The van der Waals surface area contributed by atoms with Crippen LogP contribution in [0.25, 0.3) is 10.8 Å². The highest BCUT2D eigenvalue weighted by molar-refractivity contribution is 6.06. The average Bonchev–Trinajstić information content (AvgIpc) is 2.28. The van der Waals surface area contributed by atoms with Crippen molar-refractivity contribution in [3.8, 4) is 6.07 Å². The van der Waals surface area contributed by atoms with Crippen LogP contribution < -0.4 is 0 Å². The van der Waals surface area contributed by atoms with E-state index in [2.05, 4.69) is 10.2 Å². The van der Waals surface area contributed by atoms with Gasteiger partial charge < -0.3 is 0 Å². The van der Waals surface area contributed by atoms with Crippen LogP contribution >= 0.6 is 0 Å². The van der Waals surface area contributed by atoms with E-state index in [4.69, 9.17) is 5.26 Å². The first-order chi connectivity index (χ1) is 7.33. The van der Waals surface area contributed by atoms with Gasteiger partial charge in [-0.25, -0.2) is 0 Å². The Kier molecular flexibility index (Phi) is 2.38. The Balaban J connectivity index is 2.62. The van der Waals surface area contributed by atoms with Gasteiger partial charge in [-0.3, -0.25) is 4.79 Å². The first-order valence-corrected chi connectivity index (χ1v) is 4.43. The molecule has 0 unspecified atom stereocenters. The van der Waals surface area contributed by atoms with Crippen LogP contribution in [0.4, 0.5) is 0 Å². The molecular weight excluding hydrogens is 190 g/mol. The third kappa shape index (κ3) is 1.67. The second-order valence-corrected chi connectivity index (χ2v) is 3.04. The van der Waals surface area contributed by atoms with Gasteiger partial charge in [-0.15, -0.1) is 5.10 Å². The van der Waals surface area contributed by atoms with Gasteiger partial charge >= 0.3 is 0 Å². The Bertz CT molecular complexity index is 552. The summed E-state index contributed by atoms with van der Waals surface area (Å²) < 4.78 is 0. The Hall–Kier alpha value is -2.28. The summed E-state index contributed by atoms with van der Waals surface area (Å²) in [6, 6.07) is 9.16. The first-order valence-electron chi connectivity index (χ1n) is 4.43. The number of rotatable bonds is 2. The summed E-state index contributed by atoms with van der Waals surface area (Å²) in [5, 5.41) is 17.6. The maximum absolute atomic E-state index is 11.5. The van der Waals surface area contributed by atoms with Gasteiger partial charge in [0.2, 0.25) is 0 Å². The molecule has 0 bridgehead atoms. The van der Waals surface area contributed by atoms with Crippen molar-refractivity contribution in [2.45, 2.75) is 6.42 Å². The minimum atomic E-state index is -0.290. The van der Waals surface area contributed by atoms with E-state index in [9.17, 15) is 4.79 Å². The topological polar surface area (TPSA) is 66.6 Å². The van der Waals surface area contributed by atoms with Crippen molar-refractivity contribution in [3.05, 3.63) is 36.2 Å². The fraction of sp³-hybridized carbons (Fsp3) is 0.0909. The summed E-state index contributed by atoms with van der Waals surface area (Å²) in [4.78, 5) is 11.5. The number of ketones is 1. The van der Waals surface area contributed by atoms with E-state index in [0.717, 1.165) is 10.8 Å². The number of carbonyl (C=O) groups excluding carboxylic acids is 1. The smallest absolute Gasteiger partial charge is 0.197 e. The van der Waals surface area contributed by atoms with E-state index < -0.39 is 0 Å². The van der Waals surface area contributed by atoms with Crippen molar-refractivity contribution in [2.24, 2.45) is 0 Å². The molecule has 0 spiro atoms. The molecule has 0 radical (unpaired) electrons. The van der Waals surface area contributed by atoms with Crippen molar-refractivity contribution in [1.29, 1.82) is 5.26 Å². The van der Waals surface area contributed by atoms with E-state index >= 15 is 0 Å². The molecular formula is C11H7N3O. The summed E-state index contributed by atoms with van der Waals surface area (Å²) in [5.41, 5.74) is 0.273. The maximum atomic E-state index is 11.5. The molecule has 0 aliphatic heterocycles. The number of benzene rings is 1. The minimum Gasteiger partial charge on any atom is -0.291 e. The zero-order valence-electron chi connectivity index (χ0n) is 7.84. The zero-order valence-corrected chi connectivity index (χ0v) is 7.84. The van der Waals surface area contributed by atoms with E-state index in [-0.39, 0.29) is 17.9 Å². The van der Waals surface area contributed by atoms with Crippen molar-refractivity contribution in [2.75, 3.05) is 0 Å². The van der Waals surface area contributed by atoms with Gasteiger partial charge in [0.15, 0.2) is 5.78 Å². The predicted octanol–water partition coefficient (Wildman–Crippen LogP) is 1.73. The van der Waals surface area contributed by atoms with Gasteiger partial charge in [0.1, 0.15) is 12.1 Å². The Labute approximate surface area is 86.2 Å². The largest absolute Gasteiger partial charge is 0.291 e. The number of hydrogen-bond acceptors (Lipinski definition) is 4. The Morgan fingerprint density at radius 3 is 3.00 bits per heavy atom. The van der Waals surface area contributed by atoms with E-state index in [1.54, 1.807) is 12.3 Å². The molecule has 1 aromatic carbocycles. The van der Waals surface area contributed by atoms with Crippen molar-refractivity contribution in [1.82, 2.24) is 10.2 Å². The molecule has 0 fully saturated rings. The fourth-order valence-corrected chi connectivity index (χ4v) is 1.39. The number of fused-ring (bicyclic) bond motifs is 1. The van der Waals surface area contributed by atoms with Crippen LogP contribution in [-0.2, 0) is 0 Å². The molecule has 0 atom stereocenters. The van der Waals surface area contributed by atoms with Crippen LogP contribution in [-0.4, -0.2) is 16.0 Å². The summed E-state index contributed by atoms with van der Waals surface area (Å²) in [6.07, 6.45) is 1.43. The summed E-state index contributed by atoms with van der Waals surface area (Å²) in [5.74, 6) is -0.290. The second kappa shape index (κ2) is 3.84. The van der Waals surface area contributed by atoms with Crippen LogP contribution in [0.1, 0.15) is 16.9 Å². The SMILES string of the molecule is N#CCC(=O)c1nncc2ccccc12. The van der Waals surface area contributed by atoms with Gasteiger partial charge in [0, 0.05) is 10.8 Å².